The highest BCUT2D eigenvalue weighted by atomic mass is 16.5. The van der Waals surface area contributed by atoms with Gasteiger partial charge in [0.15, 0.2) is 0 Å². The first-order valence-electron chi connectivity index (χ1n) is 10.00. The molecular formula is C22H31N3O2. The van der Waals surface area contributed by atoms with Gasteiger partial charge in [-0.2, -0.15) is 0 Å². The fraction of sp³-hybridized carbons (Fsp3) is 0.591. The highest BCUT2D eigenvalue weighted by molar-refractivity contribution is 5.41. The molecule has 146 valence electrons. The van der Waals surface area contributed by atoms with E-state index >= 15 is 0 Å². The molecule has 1 aromatic carbocycles. The van der Waals surface area contributed by atoms with Crippen molar-refractivity contribution in [2.45, 2.75) is 45.3 Å². The Morgan fingerprint density at radius 2 is 1.89 bits per heavy atom. The maximum atomic E-state index is 11.7. The van der Waals surface area contributed by atoms with Gasteiger partial charge < -0.3 is 14.4 Å². The molecule has 2 aliphatic rings. The summed E-state index contributed by atoms with van der Waals surface area (Å²) >= 11 is 0. The van der Waals surface area contributed by atoms with Gasteiger partial charge in [-0.1, -0.05) is 12.5 Å². The Morgan fingerprint density at radius 3 is 2.48 bits per heavy atom. The van der Waals surface area contributed by atoms with Crippen LogP contribution < -0.4 is 4.74 Å². The summed E-state index contributed by atoms with van der Waals surface area (Å²) in [5.74, 6) is 2.28. The van der Waals surface area contributed by atoms with Crippen LogP contribution in [0.5, 0.6) is 5.75 Å². The average Bonchev–Trinajstić information content (AvgIpc) is 3.05. The molecule has 4 rings (SSSR count). The molecule has 5 heteroatoms. The Morgan fingerprint density at radius 1 is 1.19 bits per heavy atom. The van der Waals surface area contributed by atoms with E-state index in [4.69, 9.17) is 4.74 Å². The van der Waals surface area contributed by atoms with Gasteiger partial charge in [0.1, 0.15) is 17.2 Å². The third-order valence-electron chi connectivity index (χ3n) is 6.73. The lowest BCUT2D eigenvalue weighted by Gasteiger charge is -2.52. The SMILES string of the molecule is COc1cc(C)c(CN2C[C@@H]3CCC[C@@H](C2)C3(O)c2nccn2C)cc1C. The number of rotatable bonds is 4. The number of aromatic nitrogens is 2. The smallest absolute Gasteiger partial charge is 0.141 e. The molecule has 0 radical (unpaired) electrons. The summed E-state index contributed by atoms with van der Waals surface area (Å²) in [6.45, 7) is 7.04. The van der Waals surface area contributed by atoms with Crippen LogP contribution in [0.25, 0.3) is 0 Å². The van der Waals surface area contributed by atoms with Crippen LogP contribution in [0.15, 0.2) is 24.5 Å². The van der Waals surface area contributed by atoms with Crippen LogP contribution in [-0.4, -0.2) is 39.8 Å². The predicted molar refractivity (Wildman–Crippen MR) is 106 cm³/mol. The molecule has 0 amide bonds. The van der Waals surface area contributed by atoms with Crippen LogP contribution >= 0.6 is 0 Å². The van der Waals surface area contributed by atoms with E-state index in [0.717, 1.165) is 44.0 Å². The molecule has 1 N–H and O–H groups in total. The topological polar surface area (TPSA) is 50.5 Å². The first-order chi connectivity index (χ1) is 12.9. The van der Waals surface area contributed by atoms with Gasteiger partial charge in [0, 0.05) is 50.9 Å². The van der Waals surface area contributed by atoms with Gasteiger partial charge >= 0.3 is 0 Å². The Balaban J connectivity index is 1.58. The molecule has 1 saturated heterocycles. The summed E-state index contributed by atoms with van der Waals surface area (Å²) in [6, 6.07) is 4.39. The van der Waals surface area contributed by atoms with Crippen molar-refractivity contribution < 1.29 is 9.84 Å². The van der Waals surface area contributed by atoms with Crippen molar-refractivity contribution in [1.29, 1.82) is 0 Å². The van der Waals surface area contributed by atoms with E-state index in [0.29, 0.717) is 0 Å². The number of aliphatic hydroxyl groups is 1. The van der Waals surface area contributed by atoms with Crippen molar-refractivity contribution in [2.75, 3.05) is 20.2 Å². The number of nitrogens with zero attached hydrogens (tertiary/aromatic N) is 3. The number of methoxy groups -OCH3 is 1. The van der Waals surface area contributed by atoms with Crippen molar-refractivity contribution in [3.63, 3.8) is 0 Å². The number of fused-ring (bicyclic) bond motifs is 2. The van der Waals surface area contributed by atoms with E-state index < -0.39 is 5.60 Å². The summed E-state index contributed by atoms with van der Waals surface area (Å²) in [4.78, 5) is 7.06. The van der Waals surface area contributed by atoms with Gasteiger partial charge in [-0.3, -0.25) is 4.90 Å². The molecule has 2 aromatic rings. The number of aryl methyl sites for hydroxylation is 3. The molecule has 1 saturated carbocycles. The fourth-order valence-electron chi connectivity index (χ4n) is 5.27. The molecule has 2 atom stereocenters. The highest BCUT2D eigenvalue weighted by Gasteiger charge is 2.53. The lowest BCUT2D eigenvalue weighted by atomic mass is 9.65. The highest BCUT2D eigenvalue weighted by Crippen LogP contribution is 2.48. The molecule has 5 nitrogen and oxygen atoms in total. The molecule has 27 heavy (non-hydrogen) atoms. The molecule has 0 unspecified atom stereocenters. The van der Waals surface area contributed by atoms with Crippen LogP contribution in [-0.2, 0) is 19.2 Å². The summed E-state index contributed by atoms with van der Waals surface area (Å²) in [5.41, 5.74) is 3.01. The van der Waals surface area contributed by atoms with Crippen molar-refractivity contribution in [3.05, 3.63) is 47.0 Å². The lowest BCUT2D eigenvalue weighted by molar-refractivity contribution is -0.155. The molecule has 0 spiro atoms. The van der Waals surface area contributed by atoms with Crippen molar-refractivity contribution in [2.24, 2.45) is 18.9 Å². The number of imidazole rings is 1. The number of hydrogen-bond acceptors (Lipinski definition) is 4. The van der Waals surface area contributed by atoms with Crippen LogP contribution in [0.2, 0.25) is 0 Å². The second kappa shape index (κ2) is 6.95. The number of hydrogen-bond donors (Lipinski definition) is 1. The van der Waals surface area contributed by atoms with Gasteiger partial charge in [0.2, 0.25) is 0 Å². The third-order valence-corrected chi connectivity index (χ3v) is 6.73. The van der Waals surface area contributed by atoms with Crippen LogP contribution in [0.1, 0.15) is 41.8 Å². The van der Waals surface area contributed by atoms with E-state index in [9.17, 15) is 5.11 Å². The van der Waals surface area contributed by atoms with Crippen LogP contribution in [0.4, 0.5) is 0 Å². The largest absolute Gasteiger partial charge is 0.496 e. The fourth-order valence-corrected chi connectivity index (χ4v) is 5.27. The minimum absolute atomic E-state index is 0.241. The van der Waals surface area contributed by atoms with Crippen molar-refractivity contribution in [1.82, 2.24) is 14.5 Å². The summed E-state index contributed by atoms with van der Waals surface area (Å²) < 4.78 is 7.45. The minimum atomic E-state index is -0.794. The van der Waals surface area contributed by atoms with Gasteiger partial charge in [0.05, 0.1) is 7.11 Å². The second-order valence-corrected chi connectivity index (χ2v) is 8.45. The zero-order valence-corrected chi connectivity index (χ0v) is 16.9. The van der Waals surface area contributed by atoms with Crippen LogP contribution in [0.3, 0.4) is 0 Å². The Hall–Kier alpha value is -1.85. The molecule has 1 aromatic heterocycles. The summed E-state index contributed by atoms with van der Waals surface area (Å²) in [6.07, 6.45) is 7.09. The molecule has 2 bridgehead atoms. The zero-order valence-electron chi connectivity index (χ0n) is 16.9. The van der Waals surface area contributed by atoms with Crippen molar-refractivity contribution >= 4 is 0 Å². The molecular weight excluding hydrogens is 338 g/mol. The van der Waals surface area contributed by atoms with E-state index in [1.165, 1.54) is 23.1 Å². The Bertz CT molecular complexity index is 815. The first kappa shape index (κ1) is 18.5. The molecule has 2 fully saturated rings. The summed E-state index contributed by atoms with van der Waals surface area (Å²) in [7, 11) is 3.72. The maximum Gasteiger partial charge on any atom is 0.141 e. The van der Waals surface area contributed by atoms with E-state index in [2.05, 4.69) is 35.9 Å². The maximum absolute atomic E-state index is 11.7. The summed E-state index contributed by atoms with van der Waals surface area (Å²) in [5, 5.41) is 11.7. The molecule has 1 aliphatic carbocycles. The van der Waals surface area contributed by atoms with Gasteiger partial charge in [-0.05, 0) is 49.4 Å². The first-order valence-corrected chi connectivity index (χ1v) is 10.00. The monoisotopic (exact) mass is 369 g/mol. The standard InChI is InChI=1S/C22H31N3O2/c1-15-11-20(27-4)16(2)10-17(15)12-25-13-18-6-5-7-19(14-25)22(18,26)21-23-8-9-24(21)3/h8-11,18-19,26H,5-7,12-14H2,1-4H3/t18-,19-/m0/s1. The number of ether oxygens (including phenoxy) is 1. The number of likely N-dealkylation sites (tertiary alicyclic amines) is 1. The van der Waals surface area contributed by atoms with E-state index in [-0.39, 0.29) is 11.8 Å². The number of benzene rings is 1. The normalized spacial score (nSPS) is 28.3. The Kier molecular flexibility index (Phi) is 4.77. The third kappa shape index (κ3) is 3.07. The number of piperidine rings is 1. The minimum Gasteiger partial charge on any atom is -0.496 e. The van der Waals surface area contributed by atoms with E-state index in [1.807, 2.05) is 17.8 Å². The van der Waals surface area contributed by atoms with Gasteiger partial charge in [-0.15, -0.1) is 0 Å². The Labute approximate surface area is 162 Å². The van der Waals surface area contributed by atoms with E-state index in [1.54, 1.807) is 13.3 Å². The van der Waals surface area contributed by atoms with Crippen LogP contribution in [0, 0.1) is 25.7 Å². The average molecular weight is 370 g/mol. The lowest BCUT2D eigenvalue weighted by Crippen LogP contribution is -2.58. The quantitative estimate of drug-likeness (QED) is 0.899. The van der Waals surface area contributed by atoms with Gasteiger partial charge in [-0.25, -0.2) is 4.98 Å². The van der Waals surface area contributed by atoms with Crippen molar-refractivity contribution in [3.8, 4) is 5.75 Å². The predicted octanol–water partition coefficient (Wildman–Crippen LogP) is 3.17. The molecule has 1 aliphatic heterocycles. The second-order valence-electron chi connectivity index (χ2n) is 8.45. The zero-order chi connectivity index (χ0) is 19.2. The molecule has 2 heterocycles. The van der Waals surface area contributed by atoms with Gasteiger partial charge in [0.25, 0.3) is 0 Å².